The molecule has 0 bridgehead atoms. The molecule has 0 spiro atoms. The molecular weight excluding hydrogens is 240 g/mol. The van der Waals surface area contributed by atoms with Crippen LogP contribution in [0.5, 0.6) is 0 Å². The van der Waals surface area contributed by atoms with Crippen LogP contribution < -0.4 is 10.9 Å². The Hall–Kier alpha value is -1.36. The molecule has 0 atom stereocenters. The highest BCUT2D eigenvalue weighted by atomic mass is 16.1. The van der Waals surface area contributed by atoms with Gasteiger partial charge in [0.05, 0.1) is 11.9 Å². The second kappa shape index (κ2) is 5.74. The quantitative estimate of drug-likeness (QED) is 0.839. The van der Waals surface area contributed by atoms with E-state index in [4.69, 9.17) is 0 Å². The highest BCUT2D eigenvalue weighted by Crippen LogP contribution is 2.23. The SMILES string of the molecule is O=c1cc(NC2CC2)cnn1CCCN1CCCC1. The van der Waals surface area contributed by atoms with Gasteiger partial charge in [-0.2, -0.15) is 5.10 Å². The molecule has 2 aliphatic rings. The minimum Gasteiger partial charge on any atom is -0.381 e. The number of anilines is 1. The van der Waals surface area contributed by atoms with Crippen molar-refractivity contribution in [3.8, 4) is 0 Å². The van der Waals surface area contributed by atoms with E-state index in [2.05, 4.69) is 15.3 Å². The van der Waals surface area contributed by atoms with Crippen LogP contribution >= 0.6 is 0 Å². The summed E-state index contributed by atoms with van der Waals surface area (Å²) in [6, 6.07) is 2.23. The zero-order valence-electron chi connectivity index (χ0n) is 11.3. The zero-order chi connectivity index (χ0) is 13.1. The van der Waals surface area contributed by atoms with Gasteiger partial charge in [0, 0.05) is 18.7 Å². The maximum Gasteiger partial charge on any atom is 0.268 e. The van der Waals surface area contributed by atoms with Crippen molar-refractivity contribution in [2.45, 2.75) is 44.7 Å². The Kier molecular flexibility index (Phi) is 3.82. The van der Waals surface area contributed by atoms with E-state index < -0.39 is 0 Å². The number of likely N-dealkylation sites (tertiary alicyclic amines) is 1. The summed E-state index contributed by atoms with van der Waals surface area (Å²) < 4.78 is 1.58. The van der Waals surface area contributed by atoms with Crippen LogP contribution in [0, 0.1) is 0 Å². The Bertz CT molecular complexity index is 475. The summed E-state index contributed by atoms with van der Waals surface area (Å²) in [5, 5.41) is 7.55. The van der Waals surface area contributed by atoms with Gasteiger partial charge in [-0.1, -0.05) is 0 Å². The van der Waals surface area contributed by atoms with E-state index in [1.54, 1.807) is 16.9 Å². The number of hydrogen-bond acceptors (Lipinski definition) is 4. The van der Waals surface area contributed by atoms with E-state index in [0.717, 1.165) is 25.2 Å². The molecule has 1 aromatic rings. The highest BCUT2D eigenvalue weighted by Gasteiger charge is 2.21. The van der Waals surface area contributed by atoms with Gasteiger partial charge in [0.2, 0.25) is 0 Å². The normalized spacial score (nSPS) is 19.8. The Morgan fingerprint density at radius 1 is 1.26 bits per heavy atom. The lowest BCUT2D eigenvalue weighted by molar-refractivity contribution is 0.320. The molecular formula is C14H22N4O. The number of hydrogen-bond donors (Lipinski definition) is 1. The van der Waals surface area contributed by atoms with Crippen LogP contribution in [0.2, 0.25) is 0 Å². The van der Waals surface area contributed by atoms with Crippen molar-refractivity contribution in [1.82, 2.24) is 14.7 Å². The first kappa shape index (κ1) is 12.7. The van der Waals surface area contributed by atoms with Crippen LogP contribution in [0.3, 0.4) is 0 Å². The predicted molar refractivity (Wildman–Crippen MR) is 75.4 cm³/mol. The first-order chi connectivity index (χ1) is 9.31. The third kappa shape index (κ3) is 3.56. The van der Waals surface area contributed by atoms with Gasteiger partial charge in [0.25, 0.3) is 5.56 Å². The topological polar surface area (TPSA) is 50.2 Å². The average Bonchev–Trinajstić information content (AvgIpc) is 3.05. The van der Waals surface area contributed by atoms with Crippen LogP contribution in [0.4, 0.5) is 5.69 Å². The summed E-state index contributed by atoms with van der Waals surface area (Å²) >= 11 is 0. The second-order valence-corrected chi connectivity index (χ2v) is 5.63. The maximum atomic E-state index is 11.9. The van der Waals surface area contributed by atoms with E-state index in [-0.39, 0.29) is 5.56 Å². The molecule has 1 aliphatic heterocycles. The number of nitrogens with one attached hydrogen (secondary N) is 1. The van der Waals surface area contributed by atoms with Gasteiger partial charge in [-0.15, -0.1) is 0 Å². The fraction of sp³-hybridized carbons (Fsp3) is 0.714. The minimum atomic E-state index is 0.00655. The van der Waals surface area contributed by atoms with E-state index in [9.17, 15) is 4.79 Å². The summed E-state index contributed by atoms with van der Waals surface area (Å²) in [6.07, 6.45) is 7.83. The van der Waals surface area contributed by atoms with Gasteiger partial charge in [-0.25, -0.2) is 4.68 Å². The second-order valence-electron chi connectivity index (χ2n) is 5.63. The molecule has 1 saturated heterocycles. The van der Waals surface area contributed by atoms with Crippen molar-refractivity contribution in [2.24, 2.45) is 0 Å². The lowest BCUT2D eigenvalue weighted by Crippen LogP contribution is -2.26. The maximum absolute atomic E-state index is 11.9. The molecule has 104 valence electrons. The minimum absolute atomic E-state index is 0.00655. The zero-order valence-corrected chi connectivity index (χ0v) is 11.3. The average molecular weight is 262 g/mol. The number of rotatable bonds is 6. The third-order valence-electron chi connectivity index (χ3n) is 3.86. The van der Waals surface area contributed by atoms with Gasteiger partial charge >= 0.3 is 0 Å². The van der Waals surface area contributed by atoms with Crippen molar-refractivity contribution in [3.63, 3.8) is 0 Å². The molecule has 2 heterocycles. The van der Waals surface area contributed by atoms with E-state index in [1.165, 1.54) is 38.8 Å². The van der Waals surface area contributed by atoms with Crippen molar-refractivity contribution < 1.29 is 0 Å². The largest absolute Gasteiger partial charge is 0.381 e. The molecule has 5 heteroatoms. The smallest absolute Gasteiger partial charge is 0.268 e. The predicted octanol–water partition coefficient (Wildman–Crippen LogP) is 1.30. The number of aromatic nitrogens is 2. The molecule has 1 N–H and O–H groups in total. The molecule has 2 fully saturated rings. The Morgan fingerprint density at radius 3 is 2.74 bits per heavy atom. The molecule has 0 amide bonds. The van der Waals surface area contributed by atoms with E-state index in [1.807, 2.05) is 0 Å². The molecule has 0 radical (unpaired) electrons. The Morgan fingerprint density at radius 2 is 2.05 bits per heavy atom. The van der Waals surface area contributed by atoms with Crippen LogP contribution in [0.15, 0.2) is 17.1 Å². The fourth-order valence-corrected chi connectivity index (χ4v) is 2.59. The van der Waals surface area contributed by atoms with Crippen LogP contribution in [0.25, 0.3) is 0 Å². The van der Waals surface area contributed by atoms with Crippen molar-refractivity contribution >= 4 is 5.69 Å². The van der Waals surface area contributed by atoms with Crippen molar-refractivity contribution in [2.75, 3.05) is 25.0 Å². The van der Waals surface area contributed by atoms with Gasteiger partial charge in [-0.05, 0) is 51.7 Å². The van der Waals surface area contributed by atoms with Gasteiger partial charge in [0.1, 0.15) is 0 Å². The number of aryl methyl sites for hydroxylation is 1. The van der Waals surface area contributed by atoms with Crippen LogP contribution in [-0.2, 0) is 6.54 Å². The fourth-order valence-electron chi connectivity index (χ4n) is 2.59. The molecule has 1 aromatic heterocycles. The first-order valence-electron chi connectivity index (χ1n) is 7.37. The van der Waals surface area contributed by atoms with E-state index >= 15 is 0 Å². The Balaban J connectivity index is 1.50. The summed E-state index contributed by atoms with van der Waals surface area (Å²) in [5.41, 5.74) is 0.871. The molecule has 0 unspecified atom stereocenters. The third-order valence-corrected chi connectivity index (χ3v) is 3.86. The lowest BCUT2D eigenvalue weighted by atomic mass is 10.4. The molecule has 1 aliphatic carbocycles. The van der Waals surface area contributed by atoms with Crippen molar-refractivity contribution in [1.29, 1.82) is 0 Å². The monoisotopic (exact) mass is 262 g/mol. The molecule has 19 heavy (non-hydrogen) atoms. The summed E-state index contributed by atoms with van der Waals surface area (Å²) in [7, 11) is 0. The van der Waals surface area contributed by atoms with Gasteiger partial charge in [0.15, 0.2) is 0 Å². The number of nitrogens with zero attached hydrogens (tertiary/aromatic N) is 3. The Labute approximate surface area is 113 Å². The lowest BCUT2D eigenvalue weighted by Gasteiger charge is -2.14. The van der Waals surface area contributed by atoms with E-state index in [0.29, 0.717) is 6.04 Å². The highest BCUT2D eigenvalue weighted by molar-refractivity contribution is 5.41. The molecule has 1 saturated carbocycles. The molecule has 3 rings (SSSR count). The molecule has 5 nitrogen and oxygen atoms in total. The van der Waals surface area contributed by atoms with Crippen LogP contribution in [-0.4, -0.2) is 40.4 Å². The van der Waals surface area contributed by atoms with Crippen LogP contribution in [0.1, 0.15) is 32.1 Å². The first-order valence-corrected chi connectivity index (χ1v) is 7.37. The standard InChI is InChI=1S/C14H22N4O/c19-14-10-13(16-12-4-5-12)11-15-18(14)9-3-8-17-6-1-2-7-17/h10-12,16H,1-9H2. The van der Waals surface area contributed by atoms with Gasteiger partial charge in [-0.3, -0.25) is 4.79 Å². The summed E-state index contributed by atoms with van der Waals surface area (Å²) in [4.78, 5) is 14.4. The van der Waals surface area contributed by atoms with Gasteiger partial charge < -0.3 is 10.2 Å². The summed E-state index contributed by atoms with van der Waals surface area (Å²) in [5.74, 6) is 0. The molecule has 0 aromatic carbocycles. The summed E-state index contributed by atoms with van der Waals surface area (Å²) in [6.45, 7) is 4.23. The van der Waals surface area contributed by atoms with Crippen molar-refractivity contribution in [3.05, 3.63) is 22.6 Å².